The van der Waals surface area contributed by atoms with Gasteiger partial charge in [0.05, 0.1) is 12.2 Å². The molecule has 1 aromatic heterocycles. The number of hydrogen-bond acceptors (Lipinski definition) is 3. The number of ether oxygens (including phenoxy) is 1. The van der Waals surface area contributed by atoms with E-state index in [0.717, 1.165) is 0 Å². The summed E-state index contributed by atoms with van der Waals surface area (Å²) in [5.41, 5.74) is 0.139. The fraction of sp³-hybridized carbons (Fsp3) is 0.286. The maximum Gasteiger partial charge on any atom is 0.335 e. The van der Waals surface area contributed by atoms with Crippen LogP contribution in [0.3, 0.4) is 0 Å². The monoisotopic (exact) mass is 276 g/mol. The van der Waals surface area contributed by atoms with E-state index in [1.54, 1.807) is 36.1 Å². The molecule has 0 unspecified atom stereocenters. The summed E-state index contributed by atoms with van der Waals surface area (Å²) < 4.78 is 8.60. The molecule has 2 aromatic rings. The number of carbonyl (C=O) groups is 1. The van der Waals surface area contributed by atoms with Crippen molar-refractivity contribution in [2.75, 3.05) is 6.61 Å². The van der Waals surface area contributed by atoms with E-state index in [1.807, 2.05) is 0 Å². The second-order valence-electron chi connectivity index (χ2n) is 4.42. The Hall–Kier alpha value is -2.50. The topological polar surface area (TPSA) is 73.5 Å². The lowest BCUT2D eigenvalue weighted by atomic mass is 10.2. The average Bonchev–Trinajstić information content (AvgIpc) is 2.75. The number of carboxylic acids is 1. The van der Waals surface area contributed by atoms with Gasteiger partial charge in [-0.2, -0.15) is 0 Å². The number of imidazole rings is 1. The Morgan fingerprint density at radius 2 is 2.15 bits per heavy atom. The van der Waals surface area contributed by atoms with E-state index >= 15 is 0 Å². The van der Waals surface area contributed by atoms with Crippen molar-refractivity contribution < 1.29 is 14.6 Å². The zero-order chi connectivity index (χ0) is 14.5. The van der Waals surface area contributed by atoms with Crippen molar-refractivity contribution in [3.63, 3.8) is 0 Å². The summed E-state index contributed by atoms with van der Waals surface area (Å²) in [6, 6.07) is 6.34. The number of rotatable bonds is 6. The summed E-state index contributed by atoms with van der Waals surface area (Å²) in [7, 11) is 1.70. The highest BCUT2D eigenvalue weighted by atomic mass is 16.5. The molecule has 1 aromatic carbocycles. The predicted octanol–water partition coefficient (Wildman–Crippen LogP) is 1.35. The molecule has 1 N–H and O–H groups in total. The van der Waals surface area contributed by atoms with Gasteiger partial charge in [0.25, 0.3) is 0 Å². The van der Waals surface area contributed by atoms with Gasteiger partial charge in [0, 0.05) is 26.0 Å². The Morgan fingerprint density at radius 3 is 2.80 bits per heavy atom. The van der Waals surface area contributed by atoms with Crippen LogP contribution < -0.4 is 10.4 Å². The molecule has 6 heteroatoms. The molecule has 106 valence electrons. The van der Waals surface area contributed by atoms with Crippen LogP contribution in [0.25, 0.3) is 0 Å². The molecule has 0 bridgehead atoms. The normalized spacial score (nSPS) is 10.4. The van der Waals surface area contributed by atoms with Crippen LogP contribution in [-0.4, -0.2) is 26.8 Å². The van der Waals surface area contributed by atoms with Crippen LogP contribution in [-0.2, 0) is 13.6 Å². The molecule has 0 atom stereocenters. The Labute approximate surface area is 115 Å². The van der Waals surface area contributed by atoms with E-state index in [1.165, 1.54) is 16.7 Å². The molecule has 0 fully saturated rings. The highest BCUT2D eigenvalue weighted by Gasteiger charge is 2.04. The van der Waals surface area contributed by atoms with E-state index in [4.69, 9.17) is 9.84 Å². The first kappa shape index (κ1) is 13.9. The molecule has 0 aliphatic carbocycles. The number of aromatic nitrogens is 2. The Balaban J connectivity index is 1.84. The number of aromatic carboxylic acids is 1. The zero-order valence-electron chi connectivity index (χ0n) is 11.2. The van der Waals surface area contributed by atoms with Gasteiger partial charge in [-0.1, -0.05) is 6.07 Å². The third kappa shape index (κ3) is 3.28. The highest BCUT2D eigenvalue weighted by Crippen LogP contribution is 2.13. The van der Waals surface area contributed by atoms with Gasteiger partial charge in [-0.15, -0.1) is 0 Å². The van der Waals surface area contributed by atoms with Crippen molar-refractivity contribution in [3.05, 3.63) is 52.7 Å². The summed E-state index contributed by atoms with van der Waals surface area (Å²) in [4.78, 5) is 22.4. The molecule has 0 aliphatic heterocycles. The van der Waals surface area contributed by atoms with Crippen LogP contribution in [0.5, 0.6) is 5.75 Å². The van der Waals surface area contributed by atoms with Crippen molar-refractivity contribution in [2.45, 2.75) is 13.0 Å². The lowest BCUT2D eigenvalue weighted by Crippen LogP contribution is -2.22. The van der Waals surface area contributed by atoms with Crippen molar-refractivity contribution in [1.82, 2.24) is 9.13 Å². The molecule has 0 saturated carbocycles. The van der Waals surface area contributed by atoms with Crippen molar-refractivity contribution >= 4 is 5.97 Å². The van der Waals surface area contributed by atoms with Gasteiger partial charge in [0.2, 0.25) is 0 Å². The standard InChI is InChI=1S/C14H16N2O4/c1-15-7-8-16(14(15)19)6-3-9-20-12-5-2-4-11(10-12)13(17)18/h2,4-5,7-8,10H,3,6,9H2,1H3,(H,17,18). The molecule has 0 amide bonds. The van der Waals surface area contributed by atoms with Gasteiger partial charge in [-0.05, 0) is 24.6 Å². The van der Waals surface area contributed by atoms with Crippen LogP contribution in [0, 0.1) is 0 Å². The molecular weight excluding hydrogens is 260 g/mol. The average molecular weight is 276 g/mol. The minimum absolute atomic E-state index is 0.0575. The molecule has 0 spiro atoms. The fourth-order valence-electron chi connectivity index (χ4n) is 1.82. The third-order valence-electron chi connectivity index (χ3n) is 2.91. The second kappa shape index (κ2) is 6.10. The predicted molar refractivity (Wildman–Crippen MR) is 73.2 cm³/mol. The van der Waals surface area contributed by atoms with Crippen LogP contribution in [0.2, 0.25) is 0 Å². The van der Waals surface area contributed by atoms with Gasteiger partial charge in [-0.25, -0.2) is 9.59 Å². The Kier molecular flexibility index (Phi) is 4.24. The first-order valence-electron chi connectivity index (χ1n) is 6.26. The summed E-state index contributed by atoms with van der Waals surface area (Å²) in [6.45, 7) is 0.989. The van der Waals surface area contributed by atoms with Crippen LogP contribution in [0.1, 0.15) is 16.8 Å². The molecule has 6 nitrogen and oxygen atoms in total. The fourth-order valence-corrected chi connectivity index (χ4v) is 1.82. The number of hydrogen-bond donors (Lipinski definition) is 1. The minimum atomic E-state index is -0.980. The van der Waals surface area contributed by atoms with Gasteiger partial charge < -0.3 is 14.4 Å². The molecule has 0 aliphatic rings. The molecule has 1 heterocycles. The first-order chi connectivity index (χ1) is 9.58. The molecule has 20 heavy (non-hydrogen) atoms. The number of aryl methyl sites for hydroxylation is 2. The maximum absolute atomic E-state index is 11.6. The minimum Gasteiger partial charge on any atom is -0.494 e. The van der Waals surface area contributed by atoms with Crippen molar-refractivity contribution in [1.29, 1.82) is 0 Å². The number of nitrogens with zero attached hydrogens (tertiary/aromatic N) is 2. The SMILES string of the molecule is Cn1ccn(CCCOc2cccc(C(=O)O)c2)c1=O. The van der Waals surface area contributed by atoms with E-state index in [0.29, 0.717) is 25.3 Å². The Morgan fingerprint density at radius 1 is 1.35 bits per heavy atom. The third-order valence-corrected chi connectivity index (χ3v) is 2.91. The van der Waals surface area contributed by atoms with E-state index in [9.17, 15) is 9.59 Å². The van der Waals surface area contributed by atoms with Crippen molar-refractivity contribution in [3.8, 4) is 5.75 Å². The van der Waals surface area contributed by atoms with E-state index in [-0.39, 0.29) is 11.3 Å². The number of carboxylic acid groups (broad SMARTS) is 1. The summed E-state index contributed by atoms with van der Waals surface area (Å²) in [5.74, 6) is -0.461. The molecule has 2 rings (SSSR count). The lowest BCUT2D eigenvalue weighted by molar-refractivity contribution is 0.0696. The molecule has 0 radical (unpaired) electrons. The van der Waals surface area contributed by atoms with Gasteiger partial charge in [0.1, 0.15) is 5.75 Å². The van der Waals surface area contributed by atoms with Crippen molar-refractivity contribution in [2.24, 2.45) is 7.05 Å². The van der Waals surface area contributed by atoms with E-state index < -0.39 is 5.97 Å². The quantitative estimate of drug-likeness (QED) is 0.808. The highest BCUT2D eigenvalue weighted by molar-refractivity contribution is 5.87. The lowest BCUT2D eigenvalue weighted by Gasteiger charge is -2.07. The van der Waals surface area contributed by atoms with Crippen LogP contribution in [0.4, 0.5) is 0 Å². The summed E-state index contributed by atoms with van der Waals surface area (Å²) in [5, 5.41) is 8.87. The molecular formula is C14H16N2O4. The zero-order valence-corrected chi connectivity index (χ0v) is 11.2. The van der Waals surface area contributed by atoms with E-state index in [2.05, 4.69) is 0 Å². The summed E-state index contributed by atoms with van der Waals surface area (Å²) in [6.07, 6.45) is 4.11. The number of benzene rings is 1. The first-order valence-corrected chi connectivity index (χ1v) is 6.26. The van der Waals surface area contributed by atoms with Crippen LogP contribution >= 0.6 is 0 Å². The second-order valence-corrected chi connectivity index (χ2v) is 4.42. The van der Waals surface area contributed by atoms with Gasteiger partial charge in [-0.3, -0.25) is 4.57 Å². The Bertz CT molecular complexity index is 657. The van der Waals surface area contributed by atoms with Gasteiger partial charge >= 0.3 is 11.7 Å². The summed E-state index contributed by atoms with van der Waals surface area (Å²) >= 11 is 0. The van der Waals surface area contributed by atoms with Gasteiger partial charge in [0.15, 0.2) is 0 Å². The van der Waals surface area contributed by atoms with Crippen LogP contribution in [0.15, 0.2) is 41.5 Å². The molecule has 0 saturated heterocycles. The maximum atomic E-state index is 11.6. The largest absolute Gasteiger partial charge is 0.494 e. The smallest absolute Gasteiger partial charge is 0.335 e.